The zero-order chi connectivity index (χ0) is 15.7. The SMILES string of the molecule is Cc1occc1C(=O)Nc1nc(-c2ccc(Br)cc2)c(C)s1. The van der Waals surface area contributed by atoms with Gasteiger partial charge in [-0.2, -0.15) is 0 Å². The van der Waals surface area contributed by atoms with Crippen molar-refractivity contribution in [1.82, 2.24) is 4.98 Å². The normalized spacial score (nSPS) is 10.7. The maximum atomic E-state index is 12.2. The van der Waals surface area contributed by atoms with Crippen LogP contribution in [0.25, 0.3) is 11.3 Å². The van der Waals surface area contributed by atoms with Gasteiger partial charge in [-0.3, -0.25) is 10.1 Å². The van der Waals surface area contributed by atoms with Crippen LogP contribution in [0.3, 0.4) is 0 Å². The van der Waals surface area contributed by atoms with Crippen LogP contribution in [0.1, 0.15) is 21.0 Å². The maximum absolute atomic E-state index is 12.2. The van der Waals surface area contributed by atoms with Crippen LogP contribution in [0, 0.1) is 13.8 Å². The van der Waals surface area contributed by atoms with Gasteiger partial charge < -0.3 is 4.42 Å². The quantitative estimate of drug-likeness (QED) is 0.696. The van der Waals surface area contributed by atoms with Crippen LogP contribution < -0.4 is 5.32 Å². The summed E-state index contributed by atoms with van der Waals surface area (Å²) in [6.07, 6.45) is 1.50. The fraction of sp³-hybridized carbons (Fsp3) is 0.125. The van der Waals surface area contributed by atoms with Gasteiger partial charge in [-0.05, 0) is 32.0 Å². The van der Waals surface area contributed by atoms with Gasteiger partial charge in [0.15, 0.2) is 5.13 Å². The lowest BCUT2D eigenvalue weighted by Crippen LogP contribution is -2.11. The summed E-state index contributed by atoms with van der Waals surface area (Å²) in [5.74, 6) is 0.390. The lowest BCUT2D eigenvalue weighted by Gasteiger charge is -2.00. The van der Waals surface area contributed by atoms with E-state index in [0.717, 1.165) is 20.6 Å². The van der Waals surface area contributed by atoms with E-state index in [0.29, 0.717) is 16.5 Å². The van der Waals surface area contributed by atoms with Crippen molar-refractivity contribution in [2.45, 2.75) is 13.8 Å². The predicted molar refractivity (Wildman–Crippen MR) is 91.4 cm³/mol. The van der Waals surface area contributed by atoms with Gasteiger partial charge in [0.1, 0.15) is 5.76 Å². The summed E-state index contributed by atoms with van der Waals surface area (Å²) in [5.41, 5.74) is 2.44. The molecule has 4 nitrogen and oxygen atoms in total. The molecule has 3 aromatic rings. The zero-order valence-electron chi connectivity index (χ0n) is 12.0. The van der Waals surface area contributed by atoms with Crippen LogP contribution in [-0.4, -0.2) is 10.9 Å². The number of halogens is 1. The highest BCUT2D eigenvalue weighted by Crippen LogP contribution is 2.31. The highest BCUT2D eigenvalue weighted by atomic mass is 79.9. The van der Waals surface area contributed by atoms with Gasteiger partial charge in [-0.25, -0.2) is 4.98 Å². The fourth-order valence-electron chi connectivity index (χ4n) is 2.11. The monoisotopic (exact) mass is 376 g/mol. The molecule has 0 bridgehead atoms. The van der Waals surface area contributed by atoms with Gasteiger partial charge in [-0.15, -0.1) is 11.3 Å². The van der Waals surface area contributed by atoms with Crippen molar-refractivity contribution < 1.29 is 9.21 Å². The molecule has 1 amide bonds. The summed E-state index contributed by atoms with van der Waals surface area (Å²) in [7, 11) is 0. The number of carbonyl (C=O) groups is 1. The largest absolute Gasteiger partial charge is 0.469 e. The smallest absolute Gasteiger partial charge is 0.260 e. The molecule has 3 rings (SSSR count). The van der Waals surface area contributed by atoms with Gasteiger partial charge in [0.05, 0.1) is 17.5 Å². The first-order chi connectivity index (χ1) is 10.5. The van der Waals surface area contributed by atoms with Gasteiger partial charge in [0, 0.05) is 14.9 Å². The van der Waals surface area contributed by atoms with Crippen LogP contribution in [0.2, 0.25) is 0 Å². The van der Waals surface area contributed by atoms with Crippen molar-refractivity contribution >= 4 is 38.3 Å². The predicted octanol–water partition coefficient (Wildman–Crippen LogP) is 5.03. The Kier molecular flexibility index (Phi) is 4.13. The number of thiazole rings is 1. The number of hydrogen-bond acceptors (Lipinski definition) is 4. The Balaban J connectivity index is 1.85. The Morgan fingerprint density at radius 1 is 1.23 bits per heavy atom. The standard InChI is InChI=1S/C16H13BrN2O2S/c1-9-13(7-8-21-9)15(20)19-16-18-14(10(2)22-16)11-3-5-12(17)6-4-11/h3-8H,1-2H3,(H,18,19,20). The number of carbonyl (C=O) groups excluding carboxylic acids is 1. The molecule has 0 aliphatic carbocycles. The topological polar surface area (TPSA) is 55.1 Å². The van der Waals surface area contributed by atoms with Crippen molar-refractivity contribution in [1.29, 1.82) is 0 Å². The summed E-state index contributed by atoms with van der Waals surface area (Å²) in [4.78, 5) is 17.8. The Labute approximate surface area is 140 Å². The molecule has 0 fully saturated rings. The van der Waals surface area contributed by atoms with E-state index in [1.807, 2.05) is 31.2 Å². The van der Waals surface area contributed by atoms with Gasteiger partial charge in [0.25, 0.3) is 5.91 Å². The van der Waals surface area contributed by atoms with E-state index in [1.165, 1.54) is 17.6 Å². The van der Waals surface area contributed by atoms with E-state index in [9.17, 15) is 4.79 Å². The molecule has 0 aliphatic rings. The molecule has 0 aliphatic heterocycles. The summed E-state index contributed by atoms with van der Waals surface area (Å²) >= 11 is 4.88. The summed E-state index contributed by atoms with van der Waals surface area (Å²) in [6, 6.07) is 9.60. The molecular weight excluding hydrogens is 364 g/mol. The number of hydrogen-bond donors (Lipinski definition) is 1. The van der Waals surface area contributed by atoms with E-state index >= 15 is 0 Å². The molecule has 0 atom stereocenters. The van der Waals surface area contributed by atoms with E-state index in [-0.39, 0.29) is 5.91 Å². The van der Waals surface area contributed by atoms with Crippen LogP contribution >= 0.6 is 27.3 Å². The molecule has 0 unspecified atom stereocenters. The Morgan fingerprint density at radius 3 is 2.59 bits per heavy atom. The first kappa shape index (κ1) is 15.0. The average Bonchev–Trinajstić information content (AvgIpc) is 3.06. The number of amides is 1. The highest BCUT2D eigenvalue weighted by Gasteiger charge is 2.15. The van der Waals surface area contributed by atoms with Crippen molar-refractivity contribution in [2.75, 3.05) is 5.32 Å². The Hall–Kier alpha value is -1.92. The molecule has 0 saturated heterocycles. The third-order valence-electron chi connectivity index (χ3n) is 3.24. The molecule has 6 heteroatoms. The van der Waals surface area contributed by atoms with E-state index < -0.39 is 0 Å². The van der Waals surface area contributed by atoms with E-state index in [2.05, 4.69) is 26.2 Å². The number of nitrogens with zero attached hydrogens (tertiary/aromatic N) is 1. The lowest BCUT2D eigenvalue weighted by molar-refractivity contribution is 0.102. The van der Waals surface area contributed by atoms with Crippen molar-refractivity contribution in [2.24, 2.45) is 0 Å². The third-order valence-corrected chi connectivity index (χ3v) is 4.65. The first-order valence-electron chi connectivity index (χ1n) is 6.63. The lowest BCUT2D eigenvalue weighted by atomic mass is 10.1. The number of rotatable bonds is 3. The van der Waals surface area contributed by atoms with Crippen molar-refractivity contribution in [3.05, 3.63) is 57.3 Å². The number of nitrogens with one attached hydrogen (secondary N) is 1. The zero-order valence-corrected chi connectivity index (χ0v) is 14.4. The second kappa shape index (κ2) is 6.06. The molecule has 0 saturated carbocycles. The number of anilines is 1. The molecule has 112 valence electrons. The second-order valence-corrected chi connectivity index (χ2v) is 6.89. The second-order valence-electron chi connectivity index (χ2n) is 4.78. The number of benzene rings is 1. The molecule has 1 N–H and O–H groups in total. The van der Waals surface area contributed by atoms with Gasteiger partial charge in [-0.1, -0.05) is 28.1 Å². The molecule has 2 heterocycles. The van der Waals surface area contributed by atoms with Crippen LogP contribution in [-0.2, 0) is 0 Å². The average molecular weight is 377 g/mol. The minimum absolute atomic E-state index is 0.206. The first-order valence-corrected chi connectivity index (χ1v) is 8.24. The Morgan fingerprint density at radius 2 is 1.95 bits per heavy atom. The fourth-order valence-corrected chi connectivity index (χ4v) is 3.21. The molecule has 1 aromatic carbocycles. The summed E-state index contributed by atoms with van der Waals surface area (Å²) in [6.45, 7) is 3.75. The minimum Gasteiger partial charge on any atom is -0.469 e. The van der Waals surface area contributed by atoms with Gasteiger partial charge >= 0.3 is 0 Å². The molecule has 2 aromatic heterocycles. The maximum Gasteiger partial charge on any atom is 0.260 e. The van der Waals surface area contributed by atoms with Crippen molar-refractivity contribution in [3.63, 3.8) is 0 Å². The van der Waals surface area contributed by atoms with E-state index in [1.54, 1.807) is 13.0 Å². The van der Waals surface area contributed by atoms with Crippen LogP contribution in [0.4, 0.5) is 5.13 Å². The Bertz CT molecular complexity index is 821. The minimum atomic E-state index is -0.206. The molecule has 0 radical (unpaired) electrons. The van der Waals surface area contributed by atoms with E-state index in [4.69, 9.17) is 4.42 Å². The third kappa shape index (κ3) is 2.98. The van der Waals surface area contributed by atoms with Gasteiger partial charge in [0.2, 0.25) is 0 Å². The highest BCUT2D eigenvalue weighted by molar-refractivity contribution is 9.10. The molecular formula is C16H13BrN2O2S. The number of aryl methyl sites for hydroxylation is 2. The molecule has 0 spiro atoms. The van der Waals surface area contributed by atoms with Crippen LogP contribution in [0.15, 0.2) is 45.5 Å². The summed E-state index contributed by atoms with van der Waals surface area (Å²) < 4.78 is 6.17. The number of aromatic nitrogens is 1. The van der Waals surface area contributed by atoms with Crippen molar-refractivity contribution in [3.8, 4) is 11.3 Å². The summed E-state index contributed by atoms with van der Waals surface area (Å²) in [5, 5.41) is 3.41. The van der Waals surface area contributed by atoms with Crippen LogP contribution in [0.5, 0.6) is 0 Å². The number of furan rings is 1. The molecule has 22 heavy (non-hydrogen) atoms.